The molecule has 0 bridgehead atoms. The van der Waals surface area contributed by atoms with Gasteiger partial charge in [-0.3, -0.25) is 29.6 Å². The molecule has 2 heterocycles. The number of H-pyrrole nitrogens is 1. The van der Waals surface area contributed by atoms with Crippen LogP contribution in [0.1, 0.15) is 6.92 Å². The lowest BCUT2D eigenvalue weighted by Gasteiger charge is -2.13. The third kappa shape index (κ3) is 4.76. The number of nitrogens with one attached hydrogen (secondary N) is 2. The van der Waals surface area contributed by atoms with Crippen LogP contribution in [0.25, 0.3) is 22.0 Å². The smallest absolute Gasteiger partial charge is 0.328 e. The van der Waals surface area contributed by atoms with Crippen molar-refractivity contribution < 1.29 is 23.1 Å². The molecule has 0 aliphatic heterocycles. The zero-order chi connectivity index (χ0) is 24.4. The van der Waals surface area contributed by atoms with E-state index < -0.39 is 47.3 Å². The summed E-state index contributed by atoms with van der Waals surface area (Å²) in [5.41, 5.74) is -0.486. The van der Waals surface area contributed by atoms with Crippen LogP contribution in [-0.2, 0) is 20.9 Å². The summed E-state index contributed by atoms with van der Waals surface area (Å²) in [5, 5.41) is 6.81. The molecule has 174 valence electrons. The highest BCUT2D eigenvalue weighted by atomic mass is 32.1. The molecule has 12 heteroatoms. The van der Waals surface area contributed by atoms with Gasteiger partial charge < -0.3 is 4.74 Å². The normalized spacial score (nSPS) is 11.9. The van der Waals surface area contributed by atoms with Crippen molar-refractivity contribution in [2.24, 2.45) is 0 Å². The van der Waals surface area contributed by atoms with E-state index in [1.54, 1.807) is 17.5 Å². The molecule has 0 unspecified atom stereocenters. The van der Waals surface area contributed by atoms with Crippen LogP contribution in [0.4, 0.5) is 13.9 Å². The summed E-state index contributed by atoms with van der Waals surface area (Å²) < 4.78 is 32.4. The molecule has 2 aromatic carbocycles. The fourth-order valence-corrected chi connectivity index (χ4v) is 3.82. The van der Waals surface area contributed by atoms with Crippen LogP contribution >= 0.6 is 11.3 Å². The molecule has 2 N–H and O–H groups in total. The minimum Gasteiger partial charge on any atom is -0.451 e. The first-order valence-electron chi connectivity index (χ1n) is 9.86. The Morgan fingerprint density at radius 1 is 1.15 bits per heavy atom. The monoisotopic (exact) mass is 486 g/mol. The van der Waals surface area contributed by atoms with Gasteiger partial charge in [0.1, 0.15) is 6.54 Å². The Labute approximate surface area is 193 Å². The summed E-state index contributed by atoms with van der Waals surface area (Å²) in [5.74, 6) is -3.63. The number of carbonyl (C=O) groups is 2. The van der Waals surface area contributed by atoms with Gasteiger partial charge in [-0.2, -0.15) is 0 Å². The summed E-state index contributed by atoms with van der Waals surface area (Å²) >= 11 is 1.04. The highest BCUT2D eigenvalue weighted by molar-refractivity contribution is 7.14. The Kier molecular flexibility index (Phi) is 6.32. The quantitative estimate of drug-likeness (QED) is 0.404. The first-order valence-corrected chi connectivity index (χ1v) is 10.7. The number of hydrogen-bond donors (Lipinski definition) is 2. The van der Waals surface area contributed by atoms with E-state index in [0.29, 0.717) is 11.3 Å². The standard InChI is InChI=1S/C22H16F2N4O5S/c1-11(19(30)26-22-25-17(10-34-22)12-6-7-15(23)16(24)8-12)33-18(29)9-28-21(32)14-5-3-2-4-13(14)20(31)27-28/h2-8,10-11H,9H2,1H3,(H,27,31)(H,25,26,30)/t11-/m0/s1. The molecule has 0 fully saturated rings. The van der Waals surface area contributed by atoms with Gasteiger partial charge >= 0.3 is 5.97 Å². The number of esters is 1. The number of aromatic nitrogens is 3. The van der Waals surface area contributed by atoms with Gasteiger partial charge in [-0.25, -0.2) is 18.4 Å². The van der Waals surface area contributed by atoms with E-state index in [1.807, 2.05) is 0 Å². The van der Waals surface area contributed by atoms with Gasteiger partial charge in [0, 0.05) is 10.9 Å². The Morgan fingerprint density at radius 3 is 2.62 bits per heavy atom. The van der Waals surface area contributed by atoms with Gasteiger partial charge in [-0.15, -0.1) is 11.3 Å². The van der Waals surface area contributed by atoms with Crippen LogP contribution < -0.4 is 16.4 Å². The third-order valence-corrected chi connectivity index (χ3v) is 5.56. The van der Waals surface area contributed by atoms with Gasteiger partial charge in [0.15, 0.2) is 22.9 Å². The maximum Gasteiger partial charge on any atom is 0.328 e. The SMILES string of the molecule is C[C@H](OC(=O)Cn1[nH]c(=O)c2ccccc2c1=O)C(=O)Nc1nc(-c2ccc(F)c(F)c2)cs1. The van der Waals surface area contributed by atoms with Gasteiger partial charge in [-0.1, -0.05) is 12.1 Å². The van der Waals surface area contributed by atoms with Crippen LogP contribution in [0, 0.1) is 11.6 Å². The topological polar surface area (TPSA) is 123 Å². The highest BCUT2D eigenvalue weighted by Gasteiger charge is 2.20. The van der Waals surface area contributed by atoms with Gasteiger partial charge in [0.2, 0.25) is 0 Å². The second kappa shape index (κ2) is 9.35. The summed E-state index contributed by atoms with van der Waals surface area (Å²) in [6.07, 6.45) is -1.24. The number of anilines is 1. The summed E-state index contributed by atoms with van der Waals surface area (Å²) in [6, 6.07) is 9.46. The number of fused-ring (bicyclic) bond motifs is 1. The van der Waals surface area contributed by atoms with E-state index >= 15 is 0 Å². The van der Waals surface area contributed by atoms with E-state index in [0.717, 1.165) is 28.2 Å². The molecule has 4 aromatic rings. The van der Waals surface area contributed by atoms with E-state index in [9.17, 15) is 28.0 Å². The van der Waals surface area contributed by atoms with E-state index in [2.05, 4.69) is 15.4 Å². The number of halogens is 2. The molecule has 34 heavy (non-hydrogen) atoms. The summed E-state index contributed by atoms with van der Waals surface area (Å²) in [6.45, 7) is 0.719. The van der Waals surface area contributed by atoms with Crippen LogP contribution in [0.3, 0.4) is 0 Å². The number of carbonyl (C=O) groups excluding carboxylic acids is 2. The predicted octanol–water partition coefficient (Wildman–Crippen LogP) is 2.66. The first-order chi connectivity index (χ1) is 16.2. The zero-order valence-corrected chi connectivity index (χ0v) is 18.3. The summed E-state index contributed by atoms with van der Waals surface area (Å²) in [7, 11) is 0. The number of amides is 1. The second-order valence-electron chi connectivity index (χ2n) is 7.17. The Bertz CT molecular complexity index is 1530. The fourth-order valence-electron chi connectivity index (χ4n) is 3.10. The average Bonchev–Trinajstić information content (AvgIpc) is 3.27. The molecule has 4 rings (SSSR count). The maximum atomic E-state index is 13.4. The highest BCUT2D eigenvalue weighted by Crippen LogP contribution is 2.26. The number of aromatic amines is 1. The minimum atomic E-state index is -1.24. The summed E-state index contributed by atoms with van der Waals surface area (Å²) in [4.78, 5) is 53.4. The molecule has 0 saturated carbocycles. The molecular weight excluding hydrogens is 470 g/mol. The molecule has 1 atom stereocenters. The largest absolute Gasteiger partial charge is 0.451 e. The van der Waals surface area contributed by atoms with E-state index in [1.165, 1.54) is 25.1 Å². The van der Waals surface area contributed by atoms with Crippen molar-refractivity contribution in [3.8, 4) is 11.3 Å². The molecule has 0 aliphatic rings. The predicted molar refractivity (Wildman–Crippen MR) is 120 cm³/mol. The van der Waals surface area contributed by atoms with Crippen molar-refractivity contribution >= 4 is 39.1 Å². The van der Waals surface area contributed by atoms with Gasteiger partial charge in [0.05, 0.1) is 16.5 Å². The zero-order valence-electron chi connectivity index (χ0n) is 17.5. The third-order valence-electron chi connectivity index (χ3n) is 4.80. The number of nitrogens with zero attached hydrogens (tertiary/aromatic N) is 2. The number of benzene rings is 2. The molecule has 0 aliphatic carbocycles. The van der Waals surface area contributed by atoms with Crippen LogP contribution in [-0.4, -0.2) is 32.7 Å². The van der Waals surface area contributed by atoms with Crippen molar-refractivity contribution in [2.75, 3.05) is 5.32 Å². The van der Waals surface area contributed by atoms with Crippen molar-refractivity contribution in [2.45, 2.75) is 19.6 Å². The Morgan fingerprint density at radius 2 is 1.88 bits per heavy atom. The van der Waals surface area contributed by atoms with Crippen LogP contribution in [0.5, 0.6) is 0 Å². The molecule has 0 spiro atoms. The van der Waals surface area contributed by atoms with E-state index in [-0.39, 0.29) is 15.9 Å². The lowest BCUT2D eigenvalue weighted by Crippen LogP contribution is -2.35. The molecule has 2 aromatic heterocycles. The van der Waals surface area contributed by atoms with Gasteiger partial charge in [-0.05, 0) is 37.3 Å². The van der Waals surface area contributed by atoms with Crippen LogP contribution in [0.2, 0.25) is 0 Å². The molecule has 0 saturated heterocycles. The molecular formula is C22H16F2N4O5S. The molecule has 0 radical (unpaired) electrons. The molecule has 9 nitrogen and oxygen atoms in total. The molecule has 1 amide bonds. The second-order valence-corrected chi connectivity index (χ2v) is 8.02. The van der Waals surface area contributed by atoms with Gasteiger partial charge in [0.25, 0.3) is 17.0 Å². The first kappa shape index (κ1) is 23.0. The minimum absolute atomic E-state index is 0.144. The van der Waals surface area contributed by atoms with Crippen molar-refractivity contribution in [3.05, 3.63) is 80.2 Å². The lowest BCUT2D eigenvalue weighted by molar-refractivity contribution is -0.154. The van der Waals surface area contributed by atoms with Crippen molar-refractivity contribution in [1.29, 1.82) is 0 Å². The van der Waals surface area contributed by atoms with Crippen LogP contribution in [0.15, 0.2) is 57.4 Å². The van der Waals surface area contributed by atoms with Crippen molar-refractivity contribution in [3.63, 3.8) is 0 Å². The average molecular weight is 486 g/mol. The number of ether oxygens (including phenoxy) is 1. The lowest BCUT2D eigenvalue weighted by atomic mass is 10.2. The fraction of sp³-hybridized carbons (Fsp3) is 0.136. The number of hydrogen-bond acceptors (Lipinski definition) is 7. The van der Waals surface area contributed by atoms with Crippen molar-refractivity contribution in [1.82, 2.24) is 14.8 Å². The maximum absolute atomic E-state index is 13.4. The number of rotatable bonds is 6. The number of thiazole rings is 1. The Hall–Kier alpha value is -4.19. The Balaban J connectivity index is 1.40. The van der Waals surface area contributed by atoms with E-state index in [4.69, 9.17) is 4.74 Å².